The molecule has 3 N–H and O–H groups in total. The number of nitrogens with zero attached hydrogens (tertiary/aromatic N) is 2. The molecule has 0 heterocycles. The van der Waals surface area contributed by atoms with Gasteiger partial charge in [0.25, 0.3) is 0 Å². The highest BCUT2D eigenvalue weighted by atomic mass is 16.5. The number of aliphatic carboxylic acids is 1. The molecule has 0 radical (unpaired) electrons. The summed E-state index contributed by atoms with van der Waals surface area (Å²) in [4.78, 5) is 52.1. The molecule has 0 amide bonds. The molecule has 5 rings (SSSR count). The maximum absolute atomic E-state index is 14.6. The number of esters is 1. The number of rotatable bonds is 20. The van der Waals surface area contributed by atoms with Gasteiger partial charge in [-0.05, 0) is 167 Å². The minimum Gasteiger partial charge on any atom is -0.513 e. The van der Waals surface area contributed by atoms with E-state index in [-0.39, 0.29) is 52.1 Å². The van der Waals surface area contributed by atoms with Gasteiger partial charge in [0, 0.05) is 37.5 Å². The maximum atomic E-state index is 14.6. The van der Waals surface area contributed by atoms with Crippen molar-refractivity contribution < 1.29 is 43.6 Å². The summed E-state index contributed by atoms with van der Waals surface area (Å²) in [5.74, 6) is 1.72. The van der Waals surface area contributed by atoms with Gasteiger partial charge in [0.1, 0.15) is 18.1 Å². The average molecular weight is 962 g/mol. The molecule has 1 aromatic rings. The van der Waals surface area contributed by atoms with Crippen LogP contribution in [0.3, 0.4) is 0 Å². The van der Waals surface area contributed by atoms with Gasteiger partial charge in [-0.3, -0.25) is 29.2 Å². The third-order valence-corrected chi connectivity index (χ3v) is 17.2. The van der Waals surface area contributed by atoms with Crippen LogP contribution >= 0.6 is 0 Å². The van der Waals surface area contributed by atoms with Gasteiger partial charge in [0.15, 0.2) is 5.78 Å². The highest BCUT2D eigenvalue weighted by molar-refractivity contribution is 6.01. The Morgan fingerprint density at radius 1 is 1.00 bits per heavy atom. The van der Waals surface area contributed by atoms with E-state index in [2.05, 4.69) is 74.8 Å². The van der Waals surface area contributed by atoms with Crippen LogP contribution < -0.4 is 15.1 Å². The number of methoxy groups -OCH3 is 2. The Bertz CT molecular complexity index is 2010. The molecule has 0 saturated heterocycles. The zero-order valence-corrected chi connectivity index (χ0v) is 45.3. The van der Waals surface area contributed by atoms with Crippen LogP contribution in [0.1, 0.15) is 153 Å². The van der Waals surface area contributed by atoms with Crippen LogP contribution in [0.5, 0.6) is 5.75 Å². The fourth-order valence-electron chi connectivity index (χ4n) is 12.5. The lowest BCUT2D eigenvalue weighted by atomic mass is 9.35. The Hall–Kier alpha value is -4.58. The van der Waals surface area contributed by atoms with Crippen molar-refractivity contribution in [2.45, 2.75) is 159 Å². The van der Waals surface area contributed by atoms with E-state index in [1.807, 2.05) is 52.2 Å². The first kappa shape index (κ1) is 58.7. The highest BCUT2D eigenvalue weighted by Crippen LogP contribution is 2.75. The number of carboxylic acid groups (broad SMARTS) is 1. The van der Waals surface area contributed by atoms with Gasteiger partial charge in [0.2, 0.25) is 0 Å². The van der Waals surface area contributed by atoms with E-state index in [9.17, 15) is 24.3 Å². The van der Waals surface area contributed by atoms with E-state index < -0.39 is 22.8 Å². The number of aliphatic hydroxyl groups is 1. The normalized spacial score (nSPS) is 27.7. The molecule has 3 fully saturated rings. The minimum atomic E-state index is -1.18. The molecule has 12 heteroatoms. The number of ketones is 1. The summed E-state index contributed by atoms with van der Waals surface area (Å²) < 4.78 is 16.0. The number of hydrogen-bond acceptors (Lipinski definition) is 11. The zero-order valence-electron chi connectivity index (χ0n) is 45.3. The summed E-state index contributed by atoms with van der Waals surface area (Å²) in [6.07, 6.45) is 11.6. The number of hydrazine groups is 1. The fraction of sp³-hybridized carbons (Fsp3) is 0.684. The number of aliphatic hydroxyl groups excluding tert-OH is 1. The second-order valence-electron chi connectivity index (χ2n) is 22.0. The van der Waals surface area contributed by atoms with Gasteiger partial charge in [-0.2, -0.15) is 0 Å². The third-order valence-electron chi connectivity index (χ3n) is 17.2. The summed E-state index contributed by atoms with van der Waals surface area (Å²) in [5, 5.41) is 25.5. The van der Waals surface area contributed by atoms with Crippen molar-refractivity contribution >= 4 is 29.7 Å². The molecule has 8 atom stereocenters. The number of ether oxygens (including phenoxy) is 3. The van der Waals surface area contributed by atoms with Crippen LogP contribution in [-0.4, -0.2) is 86.7 Å². The van der Waals surface area contributed by atoms with Crippen LogP contribution in [0.25, 0.3) is 0 Å². The number of carbonyl (C=O) groups excluding carboxylic acids is 3. The molecule has 388 valence electrons. The molecule has 69 heavy (non-hydrogen) atoms. The molecular weight excluding hydrogens is 871 g/mol. The van der Waals surface area contributed by atoms with E-state index in [4.69, 9.17) is 14.6 Å². The third kappa shape index (κ3) is 12.7. The van der Waals surface area contributed by atoms with Crippen molar-refractivity contribution in [3.63, 3.8) is 0 Å². The Labute approximate surface area is 416 Å². The minimum absolute atomic E-state index is 0.00401. The van der Waals surface area contributed by atoms with E-state index >= 15 is 0 Å². The molecule has 4 aliphatic carbocycles. The summed E-state index contributed by atoms with van der Waals surface area (Å²) in [6, 6.07) is 7.97. The van der Waals surface area contributed by atoms with Crippen LogP contribution in [0.4, 0.5) is 5.69 Å². The van der Waals surface area contributed by atoms with Gasteiger partial charge in [-0.25, -0.2) is 0 Å². The Balaban J connectivity index is 0.00000114. The standard InChI is InChI=1S/C49H75N3O7.2C4H8O/c1-13-35(59-41(55)31-45(5,6)44(56)57)21-23-46(7)33(4)20-24-48(9)39(46)19-18-37-43-42(32(2)3)38(54)30-49(43,26-25-47(37,48)8)40(22-29-53)52(28-27-50-10)51(11)34-14-16-36(58-12)17-15-34;1-4(2)5-3;1-3-4(2)5/h14-17,22,29,32-33,35,37,39,50H,13,18-21,23-28,30-31H2,1-12H3,(H,56,57);1H2,2-3H3;5H,2-3H2,1H3/b40-22-;;/t33-,35?,37?,39?,46?,47-,48?,49?;;/m1../s1. The molecule has 12 nitrogen and oxygen atoms in total. The van der Waals surface area contributed by atoms with Crippen molar-refractivity contribution in [1.29, 1.82) is 0 Å². The summed E-state index contributed by atoms with van der Waals surface area (Å²) in [6.45, 7) is 31.1. The van der Waals surface area contributed by atoms with Gasteiger partial charge in [-0.1, -0.05) is 68.5 Å². The fourth-order valence-corrected chi connectivity index (χ4v) is 12.5. The molecule has 0 bridgehead atoms. The number of Topliss-reactive ketones (excluding diaryl/α,β-unsaturated/α-hetero) is 1. The van der Waals surface area contributed by atoms with Crippen LogP contribution in [0.2, 0.25) is 0 Å². The molecule has 6 unspecified atom stereocenters. The molecular formula is C57H91N3O9. The lowest BCUT2D eigenvalue weighted by molar-refractivity contribution is -0.186. The van der Waals surface area contributed by atoms with Crippen molar-refractivity contribution in [2.24, 2.45) is 50.7 Å². The van der Waals surface area contributed by atoms with Gasteiger partial charge in [-0.15, -0.1) is 0 Å². The van der Waals surface area contributed by atoms with Gasteiger partial charge >= 0.3 is 11.9 Å². The first-order chi connectivity index (χ1) is 32.2. The number of hydrogen-bond donors (Lipinski definition) is 3. The summed E-state index contributed by atoms with van der Waals surface area (Å²) >= 11 is 0. The molecule has 0 aliphatic heterocycles. The first-order valence-electron chi connectivity index (χ1n) is 25.5. The molecule has 1 aromatic carbocycles. The van der Waals surface area contributed by atoms with Crippen LogP contribution in [-0.2, 0) is 28.7 Å². The van der Waals surface area contributed by atoms with E-state index in [1.165, 1.54) is 5.57 Å². The number of fused-ring (bicyclic) bond motifs is 5. The van der Waals surface area contributed by atoms with Crippen LogP contribution in [0.15, 0.2) is 71.9 Å². The number of aldehydes is 1. The average Bonchev–Trinajstić information content (AvgIpc) is 3.62. The monoisotopic (exact) mass is 962 g/mol. The molecule has 0 spiro atoms. The summed E-state index contributed by atoms with van der Waals surface area (Å²) in [5.41, 5.74) is 2.28. The predicted octanol–water partition coefficient (Wildman–Crippen LogP) is 12.1. The van der Waals surface area contributed by atoms with Crippen molar-refractivity contribution in [1.82, 2.24) is 10.3 Å². The van der Waals surface area contributed by atoms with E-state index in [0.717, 1.165) is 86.1 Å². The Morgan fingerprint density at radius 2 is 1.61 bits per heavy atom. The van der Waals surface area contributed by atoms with Crippen molar-refractivity contribution in [2.75, 3.05) is 46.4 Å². The Morgan fingerprint density at radius 3 is 2.10 bits per heavy atom. The number of carbonyl (C=O) groups is 4. The van der Waals surface area contributed by atoms with Crippen molar-refractivity contribution in [3.05, 3.63) is 71.9 Å². The number of carboxylic acids is 1. The zero-order chi connectivity index (χ0) is 52.3. The molecule has 0 aromatic heterocycles. The van der Waals surface area contributed by atoms with Gasteiger partial charge in [0.05, 0.1) is 49.8 Å². The smallest absolute Gasteiger partial charge is 0.309 e. The topological polar surface area (TPSA) is 155 Å². The lowest BCUT2D eigenvalue weighted by Gasteiger charge is -2.70. The van der Waals surface area contributed by atoms with E-state index in [0.29, 0.717) is 44.2 Å². The molecule has 3 saturated carbocycles. The number of allylic oxidation sites excluding steroid dienone is 5. The maximum Gasteiger partial charge on any atom is 0.309 e. The van der Waals surface area contributed by atoms with Gasteiger partial charge < -0.3 is 29.7 Å². The van der Waals surface area contributed by atoms with Crippen LogP contribution in [0, 0.1) is 50.7 Å². The second-order valence-corrected chi connectivity index (χ2v) is 22.0. The van der Waals surface area contributed by atoms with Crippen molar-refractivity contribution in [3.8, 4) is 5.75 Å². The SMILES string of the molecule is C=C(C)OC.C=C(O)CC.CCC(CCC1(C)C2CCC3C4=C(C(C)C)C(=O)CC4(/C(=C/C=O)N(CCNC)N(C)c4ccc(OC)cc4)CC[C@@]3(C)C2(C)CC[C@H]1C)OC(=O)CC(C)(C)C(=O)O. The molecule has 4 aliphatic rings. The number of nitrogens with one attached hydrogen (secondary N) is 1. The Kier molecular flexibility index (Phi) is 20.9. The number of benzene rings is 1. The lowest BCUT2D eigenvalue weighted by Crippen LogP contribution is -2.62. The quantitative estimate of drug-likeness (QED) is 0.0374. The summed E-state index contributed by atoms with van der Waals surface area (Å²) in [7, 11) is 7.24. The second kappa shape index (κ2) is 24.5. The predicted molar refractivity (Wildman–Crippen MR) is 278 cm³/mol. The highest BCUT2D eigenvalue weighted by Gasteiger charge is 2.68. The van der Waals surface area contributed by atoms with E-state index in [1.54, 1.807) is 41.1 Å². The number of anilines is 1. The first-order valence-corrected chi connectivity index (χ1v) is 25.5. The largest absolute Gasteiger partial charge is 0.513 e. The number of likely N-dealkylation sites (N-methyl/N-ethyl adjacent to an activating group) is 1.